The fourth-order valence-corrected chi connectivity index (χ4v) is 3.38. The molecule has 0 aliphatic carbocycles. The van der Waals surface area contributed by atoms with E-state index in [2.05, 4.69) is 69.3 Å². The first kappa shape index (κ1) is 22.9. The highest BCUT2D eigenvalue weighted by Gasteiger charge is 2.14. The van der Waals surface area contributed by atoms with Crippen molar-refractivity contribution in [1.82, 2.24) is 15.8 Å². The molecule has 5 nitrogen and oxygen atoms in total. The third kappa shape index (κ3) is 6.32. The standard InChI is InChI=1S/C23H28N4O.HI/c1-17-21(18(2)28-27-17)14-15-25-23(24-3)26-16-22(19-10-6-4-7-11-19)20-12-8-5-9-13-20;/h4-13,22H,14-16H2,1-3H3,(H2,24,25,26);1H. The Hall–Kier alpha value is -2.35. The summed E-state index contributed by atoms with van der Waals surface area (Å²) in [4.78, 5) is 4.37. The highest BCUT2D eigenvalue weighted by atomic mass is 127. The van der Waals surface area contributed by atoms with Crippen molar-refractivity contribution in [2.24, 2.45) is 4.99 Å². The number of benzene rings is 2. The Kier molecular flexibility index (Phi) is 9.18. The summed E-state index contributed by atoms with van der Waals surface area (Å²) in [5.74, 6) is 1.93. The molecule has 0 fully saturated rings. The van der Waals surface area contributed by atoms with E-state index in [0.29, 0.717) is 0 Å². The molecule has 2 aromatic carbocycles. The second-order valence-corrected chi connectivity index (χ2v) is 6.81. The van der Waals surface area contributed by atoms with Crippen LogP contribution in [0.2, 0.25) is 0 Å². The Morgan fingerprint density at radius 1 is 0.966 bits per heavy atom. The normalized spacial score (nSPS) is 11.2. The maximum atomic E-state index is 5.23. The van der Waals surface area contributed by atoms with Crippen LogP contribution in [0.15, 0.2) is 70.2 Å². The van der Waals surface area contributed by atoms with Gasteiger partial charge in [-0.3, -0.25) is 4.99 Å². The molecule has 0 aliphatic heterocycles. The van der Waals surface area contributed by atoms with Crippen LogP contribution in [0.3, 0.4) is 0 Å². The zero-order chi connectivity index (χ0) is 19.8. The second-order valence-electron chi connectivity index (χ2n) is 6.81. The lowest BCUT2D eigenvalue weighted by molar-refractivity contribution is 0.392. The molecule has 1 aromatic heterocycles. The summed E-state index contributed by atoms with van der Waals surface area (Å²) < 4.78 is 5.23. The molecule has 0 unspecified atom stereocenters. The van der Waals surface area contributed by atoms with Crippen LogP contribution in [0.1, 0.15) is 34.1 Å². The van der Waals surface area contributed by atoms with Crippen LogP contribution in [-0.4, -0.2) is 31.3 Å². The first-order valence-electron chi connectivity index (χ1n) is 9.65. The van der Waals surface area contributed by atoms with Crippen molar-refractivity contribution >= 4 is 29.9 Å². The molecule has 154 valence electrons. The summed E-state index contributed by atoms with van der Waals surface area (Å²) in [6, 6.07) is 21.1. The van der Waals surface area contributed by atoms with E-state index in [1.807, 2.05) is 26.0 Å². The fourth-order valence-electron chi connectivity index (χ4n) is 3.38. The molecule has 0 amide bonds. The van der Waals surface area contributed by atoms with Crippen molar-refractivity contribution in [2.45, 2.75) is 26.2 Å². The molecule has 1 heterocycles. The number of rotatable bonds is 7. The van der Waals surface area contributed by atoms with E-state index in [4.69, 9.17) is 4.52 Å². The van der Waals surface area contributed by atoms with Gasteiger partial charge in [-0.05, 0) is 31.4 Å². The van der Waals surface area contributed by atoms with E-state index in [1.165, 1.54) is 11.1 Å². The highest BCUT2D eigenvalue weighted by molar-refractivity contribution is 14.0. The van der Waals surface area contributed by atoms with Crippen molar-refractivity contribution in [2.75, 3.05) is 20.1 Å². The van der Waals surface area contributed by atoms with Crippen LogP contribution in [0, 0.1) is 13.8 Å². The quantitative estimate of drug-likeness (QED) is 0.284. The largest absolute Gasteiger partial charge is 0.361 e. The smallest absolute Gasteiger partial charge is 0.191 e. The molecule has 0 atom stereocenters. The second kappa shape index (κ2) is 11.6. The topological polar surface area (TPSA) is 62.5 Å². The van der Waals surface area contributed by atoms with Gasteiger partial charge in [-0.2, -0.15) is 0 Å². The van der Waals surface area contributed by atoms with Gasteiger partial charge < -0.3 is 15.2 Å². The molecule has 0 aliphatic rings. The minimum atomic E-state index is 0. The van der Waals surface area contributed by atoms with E-state index < -0.39 is 0 Å². The van der Waals surface area contributed by atoms with Gasteiger partial charge in [-0.1, -0.05) is 65.8 Å². The zero-order valence-corrected chi connectivity index (χ0v) is 19.5. The number of nitrogens with one attached hydrogen (secondary N) is 2. The summed E-state index contributed by atoms with van der Waals surface area (Å²) in [6.45, 7) is 5.46. The Bertz CT molecular complexity index is 835. The third-order valence-electron chi connectivity index (χ3n) is 4.95. The number of nitrogens with zero attached hydrogens (tertiary/aromatic N) is 2. The molecule has 0 spiro atoms. The number of guanidine groups is 1. The number of aryl methyl sites for hydroxylation is 2. The third-order valence-corrected chi connectivity index (χ3v) is 4.95. The average molecular weight is 504 g/mol. The first-order chi connectivity index (χ1) is 13.7. The van der Waals surface area contributed by atoms with Gasteiger partial charge in [0.1, 0.15) is 5.76 Å². The van der Waals surface area contributed by atoms with Crippen LogP contribution in [0.5, 0.6) is 0 Å². The summed E-state index contributed by atoms with van der Waals surface area (Å²) >= 11 is 0. The molecule has 3 aromatic rings. The molecule has 29 heavy (non-hydrogen) atoms. The van der Waals surface area contributed by atoms with Gasteiger partial charge in [0.25, 0.3) is 0 Å². The maximum absolute atomic E-state index is 5.23. The van der Waals surface area contributed by atoms with E-state index >= 15 is 0 Å². The molecule has 3 rings (SSSR count). The minimum Gasteiger partial charge on any atom is -0.361 e. The Balaban J connectivity index is 0.00000300. The number of hydrogen-bond donors (Lipinski definition) is 2. The lowest BCUT2D eigenvalue weighted by Gasteiger charge is -2.20. The predicted octanol–water partition coefficient (Wildman–Crippen LogP) is 4.45. The first-order valence-corrected chi connectivity index (χ1v) is 9.65. The minimum absolute atomic E-state index is 0. The lowest BCUT2D eigenvalue weighted by atomic mass is 9.91. The van der Waals surface area contributed by atoms with E-state index in [1.54, 1.807) is 7.05 Å². The molecule has 0 saturated carbocycles. The summed E-state index contributed by atoms with van der Waals surface area (Å²) in [6.07, 6.45) is 0.850. The molecule has 0 saturated heterocycles. The van der Waals surface area contributed by atoms with E-state index in [-0.39, 0.29) is 29.9 Å². The molecular formula is C23H29IN4O. The Morgan fingerprint density at radius 2 is 1.55 bits per heavy atom. The van der Waals surface area contributed by atoms with Crippen LogP contribution in [0.25, 0.3) is 0 Å². The summed E-state index contributed by atoms with van der Waals surface area (Å²) in [5, 5.41) is 10.9. The maximum Gasteiger partial charge on any atom is 0.191 e. The number of aromatic nitrogens is 1. The van der Waals surface area contributed by atoms with Crippen molar-refractivity contribution in [3.8, 4) is 0 Å². The number of aliphatic imine (C=N–C) groups is 1. The van der Waals surface area contributed by atoms with Gasteiger partial charge in [0.2, 0.25) is 0 Å². The van der Waals surface area contributed by atoms with Crippen LogP contribution in [0.4, 0.5) is 0 Å². The SMILES string of the molecule is CN=C(NCCc1c(C)noc1C)NCC(c1ccccc1)c1ccccc1.I. The fraction of sp³-hybridized carbons (Fsp3) is 0.304. The molecule has 2 N–H and O–H groups in total. The van der Waals surface area contributed by atoms with Crippen LogP contribution >= 0.6 is 24.0 Å². The van der Waals surface area contributed by atoms with Gasteiger partial charge in [0.05, 0.1) is 5.69 Å². The number of hydrogen-bond acceptors (Lipinski definition) is 3. The molecule has 0 bridgehead atoms. The lowest BCUT2D eigenvalue weighted by Crippen LogP contribution is -2.40. The van der Waals surface area contributed by atoms with Crippen molar-refractivity contribution in [3.63, 3.8) is 0 Å². The summed E-state index contributed by atoms with van der Waals surface area (Å²) in [7, 11) is 1.80. The van der Waals surface area contributed by atoms with Gasteiger partial charge >= 0.3 is 0 Å². The van der Waals surface area contributed by atoms with Gasteiger partial charge in [-0.25, -0.2) is 0 Å². The van der Waals surface area contributed by atoms with Gasteiger partial charge in [-0.15, -0.1) is 24.0 Å². The summed E-state index contributed by atoms with van der Waals surface area (Å²) in [5.41, 5.74) is 4.68. The Labute approximate surface area is 190 Å². The van der Waals surface area contributed by atoms with Crippen LogP contribution < -0.4 is 10.6 Å². The number of halogens is 1. The van der Waals surface area contributed by atoms with E-state index in [0.717, 1.165) is 42.5 Å². The average Bonchev–Trinajstić information content (AvgIpc) is 3.06. The van der Waals surface area contributed by atoms with Gasteiger partial charge in [0.15, 0.2) is 5.96 Å². The van der Waals surface area contributed by atoms with Crippen molar-refractivity contribution in [1.29, 1.82) is 0 Å². The molecular weight excluding hydrogens is 475 g/mol. The predicted molar refractivity (Wildman–Crippen MR) is 129 cm³/mol. The van der Waals surface area contributed by atoms with Crippen molar-refractivity contribution in [3.05, 3.63) is 88.8 Å². The van der Waals surface area contributed by atoms with E-state index in [9.17, 15) is 0 Å². The monoisotopic (exact) mass is 504 g/mol. The zero-order valence-electron chi connectivity index (χ0n) is 17.2. The Morgan fingerprint density at radius 3 is 2.03 bits per heavy atom. The molecule has 0 radical (unpaired) electrons. The van der Waals surface area contributed by atoms with Gasteiger partial charge in [0, 0.05) is 31.6 Å². The highest BCUT2D eigenvalue weighted by Crippen LogP contribution is 2.23. The van der Waals surface area contributed by atoms with Crippen LogP contribution in [-0.2, 0) is 6.42 Å². The van der Waals surface area contributed by atoms with Crippen molar-refractivity contribution < 1.29 is 4.52 Å². The molecule has 6 heteroatoms.